The number of alkyl halides is 2. The summed E-state index contributed by atoms with van der Waals surface area (Å²) >= 11 is 0. The predicted molar refractivity (Wildman–Crippen MR) is 115 cm³/mol. The van der Waals surface area contributed by atoms with Crippen LogP contribution in [0.3, 0.4) is 0 Å². The van der Waals surface area contributed by atoms with Crippen molar-refractivity contribution in [3.63, 3.8) is 0 Å². The number of rotatable bonds is 12. The minimum Gasteiger partial charge on any atom is -0.493 e. The largest absolute Gasteiger partial charge is 0.493 e. The van der Waals surface area contributed by atoms with Crippen LogP contribution in [-0.2, 0) is 17.6 Å². The molecular formula is C25H30F2O4. The van der Waals surface area contributed by atoms with E-state index in [1.54, 1.807) is 12.1 Å². The molecule has 1 aliphatic carbocycles. The molecule has 3 rings (SSSR count). The fourth-order valence-corrected chi connectivity index (χ4v) is 3.54. The average Bonchev–Trinajstić information content (AvgIpc) is 3.52. The Morgan fingerprint density at radius 2 is 1.94 bits per heavy atom. The Balaban J connectivity index is 1.51. The summed E-state index contributed by atoms with van der Waals surface area (Å²) in [6.45, 7) is 4.36. The molecule has 168 valence electrons. The van der Waals surface area contributed by atoms with Gasteiger partial charge in [0.05, 0.1) is 12.7 Å². The van der Waals surface area contributed by atoms with Crippen LogP contribution in [0, 0.1) is 12.8 Å². The first kappa shape index (κ1) is 23.0. The molecule has 2 aromatic rings. The van der Waals surface area contributed by atoms with E-state index in [1.807, 2.05) is 32.0 Å². The second-order valence-corrected chi connectivity index (χ2v) is 8.36. The molecule has 1 atom stereocenters. The lowest BCUT2D eigenvalue weighted by Crippen LogP contribution is -2.17. The van der Waals surface area contributed by atoms with Gasteiger partial charge in [-0.1, -0.05) is 6.07 Å². The Morgan fingerprint density at radius 1 is 1.16 bits per heavy atom. The highest BCUT2D eigenvalue weighted by molar-refractivity contribution is 5.67. The number of aryl methyl sites for hydroxylation is 2. The van der Waals surface area contributed by atoms with Crippen LogP contribution in [0.15, 0.2) is 36.4 Å². The van der Waals surface area contributed by atoms with Crippen LogP contribution in [0.1, 0.15) is 61.3 Å². The number of hydrogen-bond donors (Lipinski definition) is 1. The first-order valence-corrected chi connectivity index (χ1v) is 10.8. The van der Waals surface area contributed by atoms with Gasteiger partial charge in [0.25, 0.3) is 6.43 Å². The molecule has 1 saturated carbocycles. The lowest BCUT2D eigenvalue weighted by atomic mass is 10.0. The first-order valence-electron chi connectivity index (χ1n) is 10.8. The number of carbonyl (C=O) groups is 1. The van der Waals surface area contributed by atoms with Gasteiger partial charge < -0.3 is 14.6 Å². The van der Waals surface area contributed by atoms with Crippen molar-refractivity contribution in [3.8, 4) is 11.5 Å². The fourth-order valence-electron chi connectivity index (χ4n) is 3.54. The summed E-state index contributed by atoms with van der Waals surface area (Å²) in [6, 6.07) is 10.4. The summed E-state index contributed by atoms with van der Waals surface area (Å²) in [5.41, 5.74) is 2.91. The van der Waals surface area contributed by atoms with Crippen molar-refractivity contribution in [3.05, 3.63) is 58.7 Å². The molecule has 31 heavy (non-hydrogen) atoms. The van der Waals surface area contributed by atoms with Crippen LogP contribution in [0.25, 0.3) is 0 Å². The number of benzene rings is 2. The second-order valence-electron chi connectivity index (χ2n) is 8.36. The maximum Gasteiger partial charge on any atom is 0.303 e. The Morgan fingerprint density at radius 3 is 2.58 bits per heavy atom. The van der Waals surface area contributed by atoms with Crippen molar-refractivity contribution in [1.29, 1.82) is 0 Å². The van der Waals surface area contributed by atoms with Gasteiger partial charge in [0.15, 0.2) is 0 Å². The van der Waals surface area contributed by atoms with Gasteiger partial charge in [0.2, 0.25) is 0 Å². The van der Waals surface area contributed by atoms with E-state index in [0.717, 1.165) is 41.7 Å². The Bertz CT molecular complexity index is 893. The molecule has 0 spiro atoms. The topological polar surface area (TPSA) is 55.8 Å². The second kappa shape index (κ2) is 10.6. The third kappa shape index (κ3) is 7.23. The minimum absolute atomic E-state index is 0.0427. The van der Waals surface area contributed by atoms with Crippen molar-refractivity contribution in [1.82, 2.24) is 0 Å². The Kier molecular flexibility index (Phi) is 7.88. The number of carboxylic acid groups (broad SMARTS) is 1. The van der Waals surface area contributed by atoms with Crippen LogP contribution in [-0.4, -0.2) is 23.8 Å². The van der Waals surface area contributed by atoms with Crippen LogP contribution in [0.2, 0.25) is 0 Å². The minimum atomic E-state index is -2.48. The molecule has 0 heterocycles. The third-order valence-electron chi connectivity index (χ3n) is 5.59. The van der Waals surface area contributed by atoms with Crippen LogP contribution in [0.5, 0.6) is 11.5 Å². The smallest absolute Gasteiger partial charge is 0.303 e. The van der Waals surface area contributed by atoms with Gasteiger partial charge in [-0.25, -0.2) is 8.78 Å². The molecule has 2 aromatic carbocycles. The standard InChI is InChI=1S/C25H30F2O4/c1-16-13-22(8-5-19(16)7-10-24(28)29)30-12-11-17(2)31-23-9-6-20(25(26)27)15-21(23)14-18-3-4-18/h5-6,8-9,13,15,17-18,25H,3-4,7,10-12,14H2,1-2H3,(H,28,29). The lowest BCUT2D eigenvalue weighted by molar-refractivity contribution is -0.136. The molecule has 0 aromatic heterocycles. The molecule has 0 radical (unpaired) electrons. The van der Waals surface area contributed by atoms with Gasteiger partial charge in [-0.15, -0.1) is 0 Å². The molecule has 0 amide bonds. The molecular weight excluding hydrogens is 402 g/mol. The molecule has 0 bridgehead atoms. The third-order valence-corrected chi connectivity index (χ3v) is 5.59. The quantitative estimate of drug-likeness (QED) is 0.438. The van der Waals surface area contributed by atoms with Gasteiger partial charge in [-0.05, 0) is 92.5 Å². The monoisotopic (exact) mass is 432 g/mol. The maximum absolute atomic E-state index is 13.1. The van der Waals surface area contributed by atoms with Crippen LogP contribution < -0.4 is 9.47 Å². The normalized spacial score (nSPS) is 14.5. The lowest BCUT2D eigenvalue weighted by Gasteiger charge is -2.19. The van der Waals surface area contributed by atoms with E-state index < -0.39 is 12.4 Å². The highest BCUT2D eigenvalue weighted by atomic mass is 19.3. The molecule has 1 aliphatic rings. The van der Waals surface area contributed by atoms with Crippen molar-refractivity contribution in [2.24, 2.45) is 5.92 Å². The zero-order valence-corrected chi connectivity index (χ0v) is 18.1. The number of halogens is 2. The van der Waals surface area contributed by atoms with Gasteiger partial charge in [0, 0.05) is 18.4 Å². The first-order chi connectivity index (χ1) is 14.8. The van der Waals surface area contributed by atoms with Crippen LogP contribution >= 0.6 is 0 Å². The SMILES string of the molecule is Cc1cc(OCCC(C)Oc2ccc(C(F)F)cc2CC2CC2)ccc1CCC(=O)O. The van der Waals surface area contributed by atoms with Crippen molar-refractivity contribution in [2.45, 2.75) is 64.9 Å². The summed E-state index contributed by atoms with van der Waals surface area (Å²) in [6.07, 6.45) is 1.75. The van der Waals surface area contributed by atoms with Gasteiger partial charge in [0.1, 0.15) is 11.5 Å². The van der Waals surface area contributed by atoms with E-state index in [4.69, 9.17) is 14.6 Å². The van der Waals surface area contributed by atoms with Gasteiger partial charge in [-0.2, -0.15) is 0 Å². The number of carboxylic acids is 1. The summed E-state index contributed by atoms with van der Waals surface area (Å²) < 4.78 is 38.0. The van der Waals surface area contributed by atoms with Crippen molar-refractivity contribution in [2.75, 3.05) is 6.61 Å². The Labute approximate surface area is 182 Å². The predicted octanol–water partition coefficient (Wildman–Crippen LogP) is 6.14. The van der Waals surface area contributed by atoms with E-state index in [2.05, 4.69) is 0 Å². The number of ether oxygens (including phenoxy) is 2. The highest BCUT2D eigenvalue weighted by Crippen LogP contribution is 2.37. The van der Waals surface area contributed by atoms with E-state index >= 15 is 0 Å². The fraction of sp³-hybridized carbons (Fsp3) is 0.480. The maximum atomic E-state index is 13.1. The average molecular weight is 433 g/mol. The van der Waals surface area contributed by atoms with Gasteiger partial charge >= 0.3 is 5.97 Å². The van der Waals surface area contributed by atoms with E-state index in [-0.39, 0.29) is 18.1 Å². The Hall–Kier alpha value is -2.63. The van der Waals surface area contributed by atoms with E-state index in [1.165, 1.54) is 6.07 Å². The molecule has 1 N–H and O–H groups in total. The molecule has 4 nitrogen and oxygen atoms in total. The van der Waals surface area contributed by atoms with Crippen LogP contribution in [0.4, 0.5) is 8.78 Å². The molecule has 6 heteroatoms. The van der Waals surface area contributed by atoms with E-state index in [9.17, 15) is 13.6 Å². The van der Waals surface area contributed by atoms with E-state index in [0.29, 0.717) is 31.1 Å². The van der Waals surface area contributed by atoms with Crippen molar-refractivity contribution >= 4 is 5.97 Å². The summed E-state index contributed by atoms with van der Waals surface area (Å²) in [5, 5.41) is 8.83. The zero-order chi connectivity index (χ0) is 22.4. The molecule has 0 aliphatic heterocycles. The summed E-state index contributed by atoms with van der Waals surface area (Å²) in [5.74, 6) is 1.19. The number of hydrogen-bond acceptors (Lipinski definition) is 3. The molecule has 0 saturated heterocycles. The number of aliphatic carboxylic acids is 1. The summed E-state index contributed by atoms with van der Waals surface area (Å²) in [7, 11) is 0. The van der Waals surface area contributed by atoms with Crippen molar-refractivity contribution < 1.29 is 28.2 Å². The highest BCUT2D eigenvalue weighted by Gasteiger charge is 2.24. The zero-order valence-electron chi connectivity index (χ0n) is 18.1. The summed E-state index contributed by atoms with van der Waals surface area (Å²) in [4.78, 5) is 10.7. The molecule has 1 unspecified atom stereocenters. The van der Waals surface area contributed by atoms with Gasteiger partial charge in [-0.3, -0.25) is 4.79 Å². The molecule has 1 fully saturated rings.